The van der Waals surface area contributed by atoms with E-state index < -0.39 is 5.41 Å². The largest absolute Gasteiger partial charge is 0.460 e. The minimum absolute atomic E-state index is 0.0109. The number of carbonyl (C=O) groups excluding carboxylic acids is 1. The molecule has 0 bridgehead atoms. The SMILES string of the molecule is CCCN(c1ccccc1)c1ccc(C(c2ccc(N(CCC)c3ccccc3)cc2)c2ccc(NC3CCCCC3OC(=O)C(C)(CC(C)(C)C)C(C)(C)C)c3ccccc23)cc1. The molecule has 0 amide bonds. The topological polar surface area (TPSA) is 44.8 Å². The van der Waals surface area contributed by atoms with Gasteiger partial charge in [-0.2, -0.15) is 0 Å². The monoisotopic (exact) mass is 856 g/mol. The maximum Gasteiger partial charge on any atom is 0.312 e. The fourth-order valence-corrected chi connectivity index (χ4v) is 10.00. The Kier molecular flexibility index (Phi) is 14.6. The van der Waals surface area contributed by atoms with Crippen LogP contribution in [0.15, 0.2) is 146 Å². The van der Waals surface area contributed by atoms with Gasteiger partial charge in [-0.05, 0) is 133 Å². The molecule has 0 spiro atoms. The number of fused-ring (bicyclic) bond motifs is 1. The number of carbonyl (C=O) groups is 1. The quantitative estimate of drug-likeness (QED) is 0.0776. The van der Waals surface area contributed by atoms with Gasteiger partial charge in [-0.15, -0.1) is 0 Å². The van der Waals surface area contributed by atoms with Crippen LogP contribution in [0.2, 0.25) is 0 Å². The lowest BCUT2D eigenvalue weighted by Crippen LogP contribution is -2.48. The highest BCUT2D eigenvalue weighted by molar-refractivity contribution is 5.97. The third-order valence-electron chi connectivity index (χ3n) is 13.7. The summed E-state index contributed by atoms with van der Waals surface area (Å²) in [4.78, 5) is 19.2. The van der Waals surface area contributed by atoms with Crippen LogP contribution in [0.25, 0.3) is 10.8 Å². The van der Waals surface area contributed by atoms with Crippen molar-refractivity contribution in [3.63, 3.8) is 0 Å². The highest BCUT2D eigenvalue weighted by Crippen LogP contribution is 2.48. The molecule has 7 rings (SSSR count). The number of anilines is 5. The molecule has 1 N–H and O–H groups in total. The number of ether oxygens (including phenoxy) is 1. The Bertz CT molecular complexity index is 2320. The molecule has 0 saturated heterocycles. The van der Waals surface area contributed by atoms with Gasteiger partial charge in [0.25, 0.3) is 0 Å². The molecule has 1 aliphatic rings. The molecular weight excluding hydrogens is 783 g/mol. The molecule has 5 heteroatoms. The summed E-state index contributed by atoms with van der Waals surface area (Å²) < 4.78 is 6.63. The van der Waals surface area contributed by atoms with Crippen molar-refractivity contribution >= 4 is 45.2 Å². The molecular formula is C59H73N3O2. The second-order valence-electron chi connectivity index (χ2n) is 20.6. The van der Waals surface area contributed by atoms with E-state index in [4.69, 9.17) is 4.74 Å². The Labute approximate surface area is 385 Å². The van der Waals surface area contributed by atoms with E-state index >= 15 is 0 Å². The summed E-state index contributed by atoms with van der Waals surface area (Å²) in [6.07, 6.45) is 6.65. The first-order chi connectivity index (χ1) is 30.7. The zero-order chi connectivity index (χ0) is 45.5. The fraction of sp³-hybridized carbons (Fsp3) is 0.407. The van der Waals surface area contributed by atoms with E-state index in [2.05, 4.69) is 223 Å². The zero-order valence-electron chi connectivity index (χ0n) is 40.2. The third kappa shape index (κ3) is 10.5. The molecule has 0 aliphatic heterocycles. The first-order valence-electron chi connectivity index (χ1n) is 24.0. The first kappa shape index (κ1) is 46.4. The number of benzene rings is 6. The van der Waals surface area contributed by atoms with Gasteiger partial charge in [0, 0.05) is 52.8 Å². The molecule has 3 atom stereocenters. The van der Waals surface area contributed by atoms with Crippen molar-refractivity contribution in [1.29, 1.82) is 0 Å². The van der Waals surface area contributed by atoms with Crippen molar-refractivity contribution in [3.05, 3.63) is 162 Å². The number of para-hydroxylation sites is 2. The summed E-state index contributed by atoms with van der Waals surface area (Å²) in [5.41, 5.74) is 8.77. The standard InChI is InChI=1S/C59H73N3O2/c1-10-40-61(45-22-14-12-15-23-45)47-34-30-43(31-35-47)55(44-32-36-48(37-33-44)62(41-11-2)46-24-16-13-17-25-46)51-38-39-52(50-27-19-18-26-49(50)51)60-53-28-20-21-29-54(53)64-56(63)59(9,58(6,7)8)42-57(3,4)5/h12-19,22-27,30-39,53-55,60H,10-11,20-21,28-29,40-42H2,1-9H3. The number of hydrogen-bond donors (Lipinski definition) is 1. The van der Waals surface area contributed by atoms with Crippen molar-refractivity contribution in [2.75, 3.05) is 28.2 Å². The van der Waals surface area contributed by atoms with E-state index in [0.717, 1.165) is 63.7 Å². The van der Waals surface area contributed by atoms with Crippen LogP contribution in [-0.2, 0) is 9.53 Å². The van der Waals surface area contributed by atoms with Crippen LogP contribution >= 0.6 is 0 Å². The van der Waals surface area contributed by atoms with E-state index in [1.54, 1.807) is 0 Å². The van der Waals surface area contributed by atoms with E-state index in [1.807, 2.05) is 0 Å². The smallest absolute Gasteiger partial charge is 0.312 e. The lowest BCUT2D eigenvalue weighted by atomic mass is 9.61. The minimum Gasteiger partial charge on any atom is -0.460 e. The summed E-state index contributed by atoms with van der Waals surface area (Å²) in [6.45, 7) is 21.7. The van der Waals surface area contributed by atoms with Crippen LogP contribution in [0.1, 0.15) is 130 Å². The number of hydrogen-bond acceptors (Lipinski definition) is 5. The Hall–Kier alpha value is -5.55. The van der Waals surface area contributed by atoms with Gasteiger partial charge in [-0.3, -0.25) is 4.79 Å². The molecule has 5 nitrogen and oxygen atoms in total. The Morgan fingerprint density at radius 1 is 0.594 bits per heavy atom. The lowest BCUT2D eigenvalue weighted by molar-refractivity contribution is -0.172. The summed E-state index contributed by atoms with van der Waals surface area (Å²) in [7, 11) is 0. The fourth-order valence-electron chi connectivity index (χ4n) is 10.00. The van der Waals surface area contributed by atoms with Crippen molar-refractivity contribution in [3.8, 4) is 0 Å². The molecule has 3 unspecified atom stereocenters. The highest BCUT2D eigenvalue weighted by atomic mass is 16.5. The predicted octanol–water partition coefficient (Wildman–Crippen LogP) is 15.9. The normalized spacial score (nSPS) is 16.6. The van der Waals surface area contributed by atoms with Gasteiger partial charge in [0.2, 0.25) is 0 Å². The molecule has 1 aliphatic carbocycles. The van der Waals surface area contributed by atoms with Gasteiger partial charge in [-0.1, -0.05) is 153 Å². The molecule has 0 radical (unpaired) electrons. The average molecular weight is 856 g/mol. The van der Waals surface area contributed by atoms with Crippen molar-refractivity contribution in [2.24, 2.45) is 16.2 Å². The number of nitrogens with zero attached hydrogens (tertiary/aromatic N) is 2. The summed E-state index contributed by atoms with van der Waals surface area (Å²) in [5.74, 6) is -0.0899. The van der Waals surface area contributed by atoms with Gasteiger partial charge < -0.3 is 19.9 Å². The Morgan fingerprint density at radius 2 is 1.06 bits per heavy atom. The van der Waals surface area contributed by atoms with Crippen LogP contribution in [-0.4, -0.2) is 31.2 Å². The molecule has 336 valence electrons. The second-order valence-corrected chi connectivity index (χ2v) is 20.6. The van der Waals surface area contributed by atoms with E-state index in [-0.39, 0.29) is 34.9 Å². The van der Waals surface area contributed by atoms with Gasteiger partial charge in [-0.25, -0.2) is 0 Å². The molecule has 1 saturated carbocycles. The van der Waals surface area contributed by atoms with E-state index in [0.29, 0.717) is 0 Å². The van der Waals surface area contributed by atoms with E-state index in [1.165, 1.54) is 50.2 Å². The molecule has 0 heterocycles. The van der Waals surface area contributed by atoms with Gasteiger partial charge in [0.1, 0.15) is 6.10 Å². The van der Waals surface area contributed by atoms with Crippen molar-refractivity contribution in [1.82, 2.24) is 0 Å². The Morgan fingerprint density at radius 3 is 1.55 bits per heavy atom. The molecule has 6 aromatic carbocycles. The van der Waals surface area contributed by atoms with Gasteiger partial charge in [0.05, 0.1) is 11.5 Å². The summed E-state index contributed by atoms with van der Waals surface area (Å²) >= 11 is 0. The predicted molar refractivity (Wildman–Crippen MR) is 273 cm³/mol. The number of nitrogens with one attached hydrogen (secondary N) is 1. The van der Waals surface area contributed by atoms with Gasteiger partial charge in [0.15, 0.2) is 0 Å². The molecule has 64 heavy (non-hydrogen) atoms. The van der Waals surface area contributed by atoms with E-state index in [9.17, 15) is 4.79 Å². The molecule has 0 aromatic heterocycles. The van der Waals surface area contributed by atoms with Crippen LogP contribution in [0.4, 0.5) is 28.4 Å². The minimum atomic E-state index is -0.612. The summed E-state index contributed by atoms with van der Waals surface area (Å²) in [6, 6.07) is 53.4. The maximum absolute atomic E-state index is 14.3. The van der Waals surface area contributed by atoms with Gasteiger partial charge >= 0.3 is 5.97 Å². The number of rotatable bonds is 16. The molecule has 6 aromatic rings. The van der Waals surface area contributed by atoms with Crippen LogP contribution < -0.4 is 15.1 Å². The third-order valence-corrected chi connectivity index (χ3v) is 13.7. The Balaban J connectivity index is 1.26. The van der Waals surface area contributed by atoms with Crippen LogP contribution in [0, 0.1) is 16.2 Å². The first-order valence-corrected chi connectivity index (χ1v) is 24.0. The number of esters is 1. The second kappa shape index (κ2) is 20.1. The highest BCUT2D eigenvalue weighted by Gasteiger charge is 2.49. The zero-order valence-corrected chi connectivity index (χ0v) is 40.2. The van der Waals surface area contributed by atoms with Crippen molar-refractivity contribution in [2.45, 2.75) is 125 Å². The lowest BCUT2D eigenvalue weighted by Gasteiger charge is -2.45. The van der Waals surface area contributed by atoms with Crippen molar-refractivity contribution < 1.29 is 9.53 Å². The summed E-state index contributed by atoms with van der Waals surface area (Å²) in [5, 5.41) is 6.37. The van der Waals surface area contributed by atoms with Crippen LogP contribution in [0.3, 0.4) is 0 Å². The maximum atomic E-state index is 14.3. The molecule has 1 fully saturated rings. The van der Waals surface area contributed by atoms with Crippen LogP contribution in [0.5, 0.6) is 0 Å². The average Bonchev–Trinajstić information content (AvgIpc) is 3.29.